The van der Waals surface area contributed by atoms with Gasteiger partial charge in [-0.1, -0.05) is 41.5 Å². The molecular weight excluding hydrogens is 198 g/mol. The topological polar surface area (TPSA) is 21.3 Å². The summed E-state index contributed by atoms with van der Waals surface area (Å²) >= 11 is 0. The van der Waals surface area contributed by atoms with Gasteiger partial charge in [0, 0.05) is 12.6 Å². The molecule has 1 N–H and O–H groups in total. The Morgan fingerprint density at radius 2 is 1.50 bits per heavy atom. The van der Waals surface area contributed by atoms with Crippen molar-refractivity contribution in [3.63, 3.8) is 0 Å². The van der Waals surface area contributed by atoms with Gasteiger partial charge in [0.05, 0.1) is 5.60 Å². The van der Waals surface area contributed by atoms with E-state index in [4.69, 9.17) is 4.74 Å². The molecule has 2 heteroatoms. The fourth-order valence-electron chi connectivity index (χ4n) is 2.72. The van der Waals surface area contributed by atoms with Gasteiger partial charge in [-0.05, 0) is 31.7 Å². The Bertz CT molecular complexity index is 180. The maximum atomic E-state index is 6.11. The first-order valence-corrected chi connectivity index (χ1v) is 6.75. The molecule has 0 aliphatic rings. The second kappa shape index (κ2) is 6.61. The van der Waals surface area contributed by atoms with E-state index in [-0.39, 0.29) is 11.0 Å². The van der Waals surface area contributed by atoms with Gasteiger partial charge in [0.15, 0.2) is 0 Å². The molecule has 0 spiro atoms. The van der Waals surface area contributed by atoms with E-state index in [2.05, 4.69) is 53.8 Å². The second-order valence-corrected chi connectivity index (χ2v) is 5.56. The molecule has 0 aromatic heterocycles. The fraction of sp³-hybridized carbons (Fsp3) is 1.00. The Labute approximate surface area is 102 Å². The van der Waals surface area contributed by atoms with E-state index in [1.807, 2.05) is 0 Å². The highest BCUT2D eigenvalue weighted by Crippen LogP contribution is 2.35. The quantitative estimate of drug-likeness (QED) is 0.720. The van der Waals surface area contributed by atoms with Gasteiger partial charge in [-0.2, -0.15) is 0 Å². The van der Waals surface area contributed by atoms with Gasteiger partial charge in [0.2, 0.25) is 0 Å². The van der Waals surface area contributed by atoms with Crippen molar-refractivity contribution < 1.29 is 4.74 Å². The lowest BCUT2D eigenvalue weighted by Crippen LogP contribution is -2.58. The minimum atomic E-state index is -0.0248. The number of hydrogen-bond acceptors (Lipinski definition) is 2. The van der Waals surface area contributed by atoms with Crippen LogP contribution in [0.4, 0.5) is 0 Å². The van der Waals surface area contributed by atoms with Gasteiger partial charge in [0.1, 0.15) is 0 Å². The molecule has 0 aromatic rings. The molecule has 0 aliphatic carbocycles. The van der Waals surface area contributed by atoms with E-state index in [0.717, 1.165) is 26.0 Å². The predicted octanol–water partition coefficient (Wildman–Crippen LogP) is 3.61. The lowest BCUT2D eigenvalue weighted by Gasteiger charge is -2.46. The lowest BCUT2D eigenvalue weighted by atomic mass is 9.73. The Morgan fingerprint density at radius 1 is 1.00 bits per heavy atom. The van der Waals surface area contributed by atoms with Crippen molar-refractivity contribution in [2.24, 2.45) is 5.41 Å². The standard InChI is InChI=1S/C14H31NO/c1-8-14(9-2,16-11-4)12(15-10-3)13(5,6)7/h12,15H,8-11H2,1-7H3. The zero-order valence-corrected chi connectivity index (χ0v) is 12.3. The van der Waals surface area contributed by atoms with Crippen LogP contribution in [0.1, 0.15) is 61.3 Å². The van der Waals surface area contributed by atoms with Crippen LogP contribution in [0.2, 0.25) is 0 Å². The number of hydrogen-bond donors (Lipinski definition) is 1. The van der Waals surface area contributed by atoms with E-state index in [0.29, 0.717) is 6.04 Å². The Kier molecular flexibility index (Phi) is 6.57. The average molecular weight is 229 g/mol. The maximum Gasteiger partial charge on any atom is 0.0834 e. The first-order chi connectivity index (χ1) is 7.37. The van der Waals surface area contributed by atoms with E-state index in [9.17, 15) is 0 Å². The summed E-state index contributed by atoms with van der Waals surface area (Å²) in [6.07, 6.45) is 2.12. The van der Waals surface area contributed by atoms with Gasteiger partial charge >= 0.3 is 0 Å². The number of likely N-dealkylation sites (N-methyl/N-ethyl adjacent to an activating group) is 1. The van der Waals surface area contributed by atoms with Crippen molar-refractivity contribution in [2.45, 2.75) is 73.0 Å². The van der Waals surface area contributed by atoms with Crippen LogP contribution in [0, 0.1) is 5.41 Å². The van der Waals surface area contributed by atoms with Crippen LogP contribution in [0.25, 0.3) is 0 Å². The van der Waals surface area contributed by atoms with Gasteiger partial charge in [-0.25, -0.2) is 0 Å². The van der Waals surface area contributed by atoms with Gasteiger partial charge in [-0.15, -0.1) is 0 Å². The molecule has 0 saturated heterocycles. The smallest absolute Gasteiger partial charge is 0.0834 e. The molecule has 2 nitrogen and oxygen atoms in total. The Hall–Kier alpha value is -0.0800. The van der Waals surface area contributed by atoms with Crippen LogP contribution >= 0.6 is 0 Å². The highest BCUT2D eigenvalue weighted by molar-refractivity contribution is 4.98. The van der Waals surface area contributed by atoms with E-state index < -0.39 is 0 Å². The number of nitrogens with one attached hydrogen (secondary N) is 1. The molecule has 0 radical (unpaired) electrons. The first kappa shape index (κ1) is 15.9. The van der Waals surface area contributed by atoms with Crippen LogP contribution in [0.15, 0.2) is 0 Å². The summed E-state index contributed by atoms with van der Waals surface area (Å²) in [6.45, 7) is 17.4. The molecule has 0 aromatic carbocycles. The second-order valence-electron chi connectivity index (χ2n) is 5.56. The Balaban J connectivity index is 5.07. The van der Waals surface area contributed by atoms with E-state index in [1.165, 1.54) is 0 Å². The Morgan fingerprint density at radius 3 is 1.75 bits per heavy atom. The normalized spacial score (nSPS) is 15.2. The van der Waals surface area contributed by atoms with Crippen molar-refractivity contribution in [3.05, 3.63) is 0 Å². The first-order valence-electron chi connectivity index (χ1n) is 6.75. The molecule has 1 unspecified atom stereocenters. The van der Waals surface area contributed by atoms with Crippen molar-refractivity contribution >= 4 is 0 Å². The summed E-state index contributed by atoms with van der Waals surface area (Å²) in [4.78, 5) is 0. The molecular formula is C14H31NO. The van der Waals surface area contributed by atoms with E-state index in [1.54, 1.807) is 0 Å². The summed E-state index contributed by atoms with van der Waals surface area (Å²) in [6, 6.07) is 0.403. The third-order valence-electron chi connectivity index (χ3n) is 3.43. The molecule has 0 bridgehead atoms. The van der Waals surface area contributed by atoms with Crippen LogP contribution in [0.5, 0.6) is 0 Å². The molecule has 0 amide bonds. The predicted molar refractivity (Wildman–Crippen MR) is 71.9 cm³/mol. The molecule has 0 rings (SSSR count). The summed E-state index contributed by atoms with van der Waals surface area (Å²) < 4.78 is 6.11. The lowest BCUT2D eigenvalue weighted by molar-refractivity contribution is -0.0961. The van der Waals surface area contributed by atoms with Crippen molar-refractivity contribution in [1.82, 2.24) is 5.32 Å². The minimum absolute atomic E-state index is 0.0248. The number of ether oxygens (including phenoxy) is 1. The largest absolute Gasteiger partial charge is 0.374 e. The zero-order chi connectivity index (χ0) is 12.8. The third-order valence-corrected chi connectivity index (χ3v) is 3.43. The summed E-state index contributed by atoms with van der Waals surface area (Å²) in [5.74, 6) is 0. The fourth-order valence-corrected chi connectivity index (χ4v) is 2.72. The summed E-state index contributed by atoms with van der Waals surface area (Å²) in [7, 11) is 0. The average Bonchev–Trinajstić information content (AvgIpc) is 2.22. The highest BCUT2D eigenvalue weighted by Gasteiger charge is 2.42. The summed E-state index contributed by atoms with van der Waals surface area (Å²) in [5, 5.41) is 3.63. The van der Waals surface area contributed by atoms with Crippen LogP contribution < -0.4 is 5.32 Å². The minimum Gasteiger partial charge on any atom is -0.374 e. The molecule has 16 heavy (non-hydrogen) atoms. The van der Waals surface area contributed by atoms with Crippen molar-refractivity contribution in [3.8, 4) is 0 Å². The molecule has 0 aliphatic heterocycles. The number of rotatable bonds is 7. The van der Waals surface area contributed by atoms with Gasteiger partial charge < -0.3 is 10.1 Å². The molecule has 0 heterocycles. The van der Waals surface area contributed by atoms with Crippen molar-refractivity contribution in [2.75, 3.05) is 13.2 Å². The zero-order valence-electron chi connectivity index (χ0n) is 12.3. The van der Waals surface area contributed by atoms with Crippen LogP contribution in [-0.4, -0.2) is 24.8 Å². The van der Waals surface area contributed by atoms with Gasteiger partial charge in [0.25, 0.3) is 0 Å². The van der Waals surface area contributed by atoms with Crippen LogP contribution in [0.3, 0.4) is 0 Å². The third kappa shape index (κ3) is 3.74. The van der Waals surface area contributed by atoms with Crippen molar-refractivity contribution in [1.29, 1.82) is 0 Å². The highest BCUT2D eigenvalue weighted by atomic mass is 16.5. The molecule has 0 saturated carbocycles. The molecule has 98 valence electrons. The van der Waals surface area contributed by atoms with Gasteiger partial charge in [-0.3, -0.25) is 0 Å². The van der Waals surface area contributed by atoms with Crippen LogP contribution in [-0.2, 0) is 4.74 Å². The SMILES string of the molecule is CCNC(C(C)(C)C)C(CC)(CC)OCC. The van der Waals surface area contributed by atoms with E-state index >= 15 is 0 Å². The summed E-state index contributed by atoms with van der Waals surface area (Å²) in [5.41, 5.74) is 0.195. The monoisotopic (exact) mass is 229 g/mol. The molecule has 1 atom stereocenters. The molecule has 0 fully saturated rings. The maximum absolute atomic E-state index is 6.11.